The number of hydrogen-bond donors (Lipinski definition) is 1. The van der Waals surface area contributed by atoms with Gasteiger partial charge in [0.15, 0.2) is 2.14 Å². The van der Waals surface area contributed by atoms with Gasteiger partial charge in [0.1, 0.15) is 11.6 Å². The number of hydrogen-bond acceptors (Lipinski definition) is 5. The van der Waals surface area contributed by atoms with Crippen LogP contribution < -0.4 is 0 Å². The fraction of sp³-hybridized carbons (Fsp3) is 0.833. The van der Waals surface area contributed by atoms with E-state index < -0.39 is 25.8 Å². The maximum Gasteiger partial charge on any atom is 0.410 e. The van der Waals surface area contributed by atoms with Gasteiger partial charge in [0.25, 0.3) is 0 Å². The van der Waals surface area contributed by atoms with Crippen molar-refractivity contribution in [3.8, 4) is 0 Å². The largest absolute Gasteiger partial charge is 0.467 e. The molecule has 0 aromatic rings. The molecule has 1 aliphatic rings. The highest BCUT2D eigenvalue weighted by molar-refractivity contribution is 9.39. The van der Waals surface area contributed by atoms with Crippen molar-refractivity contribution < 1.29 is 24.2 Å². The molecule has 1 N–H and O–H groups in total. The lowest BCUT2D eigenvalue weighted by Crippen LogP contribution is -2.45. The second-order valence-corrected chi connectivity index (χ2v) is 11.6. The van der Waals surface area contributed by atoms with Crippen molar-refractivity contribution in [3.63, 3.8) is 0 Å². The fourth-order valence-electron chi connectivity index (χ4n) is 2.02. The summed E-state index contributed by atoms with van der Waals surface area (Å²) in [5, 5.41) is 10.6. The van der Waals surface area contributed by atoms with Crippen molar-refractivity contribution in [2.45, 2.75) is 40.0 Å². The number of nitrogens with zero attached hydrogens (tertiary/aromatic N) is 1. The lowest BCUT2D eigenvalue weighted by Gasteiger charge is -2.31. The van der Waals surface area contributed by atoms with Crippen LogP contribution in [-0.4, -0.2) is 56.1 Å². The first-order valence-electron chi connectivity index (χ1n) is 6.46. The Balaban J connectivity index is 2.88. The maximum atomic E-state index is 12.1. The molecule has 0 unspecified atom stereocenters. The van der Waals surface area contributed by atoms with E-state index in [4.69, 9.17) is 9.47 Å². The molecule has 0 aliphatic carbocycles. The Bertz CT molecular complexity index is 401. The number of carbonyl (C=O) groups is 2. The smallest absolute Gasteiger partial charge is 0.410 e. The summed E-state index contributed by atoms with van der Waals surface area (Å²) in [6.07, 6.45) is 1.02. The number of rotatable bonds is 4. The summed E-state index contributed by atoms with van der Waals surface area (Å²) in [6, 6.07) is -0.888. The van der Waals surface area contributed by atoms with Gasteiger partial charge in [-0.15, -0.1) is 0 Å². The number of esters is 1. The van der Waals surface area contributed by atoms with Crippen LogP contribution in [0.3, 0.4) is 0 Å². The molecule has 0 aromatic carbocycles. The third-order valence-corrected chi connectivity index (χ3v) is 5.51. The van der Waals surface area contributed by atoms with E-state index in [0.717, 1.165) is 12.8 Å². The Morgan fingerprint density at radius 1 is 1.43 bits per heavy atom. The minimum absolute atomic E-state index is 0.0182. The van der Waals surface area contributed by atoms with E-state index in [1.54, 1.807) is 0 Å². The highest BCUT2D eigenvalue weighted by atomic mass is 80.0. The molecule has 122 valence electrons. The topological polar surface area (TPSA) is 76.1 Å². The van der Waals surface area contributed by atoms with Gasteiger partial charge in [-0.05, 0) is 6.42 Å². The Labute approximate surface area is 148 Å². The summed E-state index contributed by atoms with van der Waals surface area (Å²) in [6.45, 7) is 2.19. The van der Waals surface area contributed by atoms with Crippen LogP contribution in [0.5, 0.6) is 0 Å². The van der Waals surface area contributed by atoms with Gasteiger partial charge in [-0.25, -0.2) is 9.59 Å². The third-order valence-electron chi connectivity index (χ3n) is 3.30. The number of ether oxygens (including phenoxy) is 2. The average Bonchev–Trinajstić information content (AvgIpc) is 2.77. The van der Waals surface area contributed by atoms with E-state index in [1.807, 2.05) is 6.92 Å². The molecule has 0 saturated carbocycles. The van der Waals surface area contributed by atoms with Crippen LogP contribution in [0.4, 0.5) is 4.79 Å². The van der Waals surface area contributed by atoms with Gasteiger partial charge < -0.3 is 14.6 Å². The van der Waals surface area contributed by atoms with Crippen LogP contribution in [0.1, 0.15) is 26.2 Å². The van der Waals surface area contributed by atoms with E-state index in [1.165, 1.54) is 12.0 Å². The zero-order valence-electron chi connectivity index (χ0n) is 11.8. The molecule has 1 saturated heterocycles. The van der Waals surface area contributed by atoms with E-state index in [2.05, 4.69) is 47.8 Å². The van der Waals surface area contributed by atoms with Gasteiger partial charge in [0.05, 0.1) is 20.3 Å². The number of β-amino-alcohol motifs (C(OH)–C–C–N with tert-alkyl or cyclic N) is 1. The number of amides is 1. The van der Waals surface area contributed by atoms with E-state index >= 15 is 0 Å². The van der Waals surface area contributed by atoms with E-state index in [-0.39, 0.29) is 19.6 Å². The first kappa shape index (κ1) is 19.2. The number of halogens is 3. The fourth-order valence-corrected chi connectivity index (χ4v) is 2.88. The van der Waals surface area contributed by atoms with E-state index in [0.29, 0.717) is 0 Å². The van der Waals surface area contributed by atoms with Crippen LogP contribution in [-0.2, 0) is 14.3 Å². The summed E-state index contributed by atoms with van der Waals surface area (Å²) in [4.78, 5) is 25.1. The molecule has 1 rings (SSSR count). The van der Waals surface area contributed by atoms with Crippen LogP contribution in [0.15, 0.2) is 0 Å². The Hall–Kier alpha value is 0.140. The molecule has 1 heterocycles. The number of aliphatic hydroxyl groups is 1. The monoisotopic (exact) mass is 493 g/mol. The molecule has 21 heavy (non-hydrogen) atoms. The first-order chi connectivity index (χ1) is 9.66. The van der Waals surface area contributed by atoms with Gasteiger partial charge in [-0.3, -0.25) is 4.90 Å². The molecule has 1 fully saturated rings. The van der Waals surface area contributed by atoms with Crippen LogP contribution in [0.2, 0.25) is 0 Å². The normalized spacial score (nSPS) is 25.8. The number of likely N-dealkylation sites (tertiary alicyclic amines) is 1. The minimum atomic E-state index is -1.39. The molecular formula is C12H18Br3NO5. The number of unbranched alkanes of at least 4 members (excludes halogenated alkanes) is 1. The minimum Gasteiger partial charge on any atom is -0.467 e. The lowest BCUT2D eigenvalue weighted by molar-refractivity contribution is -0.145. The predicted molar refractivity (Wildman–Crippen MR) is 87.8 cm³/mol. The van der Waals surface area contributed by atoms with Crippen LogP contribution in [0, 0.1) is 0 Å². The second kappa shape index (κ2) is 7.61. The van der Waals surface area contributed by atoms with Crippen LogP contribution >= 0.6 is 47.8 Å². The van der Waals surface area contributed by atoms with Crippen molar-refractivity contribution in [2.75, 3.05) is 20.3 Å². The zero-order valence-corrected chi connectivity index (χ0v) is 16.5. The van der Waals surface area contributed by atoms with Crippen molar-refractivity contribution in [1.82, 2.24) is 4.90 Å². The molecule has 6 nitrogen and oxygen atoms in total. The summed E-state index contributed by atoms with van der Waals surface area (Å²) in [5.74, 6) is -0.588. The molecule has 0 radical (unpaired) electrons. The van der Waals surface area contributed by atoms with Crippen molar-refractivity contribution >= 4 is 59.9 Å². The highest BCUT2D eigenvalue weighted by Gasteiger charge is 2.57. The molecule has 2 atom stereocenters. The number of methoxy groups -OCH3 is 1. The SMILES string of the molecule is CCCCOC(=O)N1C[C@](O)(C(Br)(Br)Br)C[C@H]1C(=O)OC. The van der Waals surface area contributed by atoms with Gasteiger partial charge in [-0.2, -0.15) is 0 Å². The molecular weight excluding hydrogens is 478 g/mol. The van der Waals surface area contributed by atoms with Crippen LogP contribution in [0.25, 0.3) is 0 Å². The lowest BCUT2D eigenvalue weighted by atomic mass is 10.0. The van der Waals surface area contributed by atoms with Crippen molar-refractivity contribution in [2.24, 2.45) is 0 Å². The molecule has 0 aromatic heterocycles. The second-order valence-electron chi connectivity index (χ2n) is 4.87. The predicted octanol–water partition coefficient (Wildman–Crippen LogP) is 2.74. The van der Waals surface area contributed by atoms with Crippen molar-refractivity contribution in [1.29, 1.82) is 0 Å². The maximum absolute atomic E-state index is 12.1. The standard InChI is InChI=1S/C12H18Br3NO5/c1-3-4-5-21-10(18)16-7-11(19,12(13,14)15)6-8(16)9(17)20-2/h8,19H,3-7H2,1-2H3/t8-,11-/m0/s1. The zero-order chi connectivity index (χ0) is 16.3. The number of alkyl halides is 3. The summed E-state index contributed by atoms with van der Waals surface area (Å²) >= 11 is 9.76. The van der Waals surface area contributed by atoms with Crippen molar-refractivity contribution in [3.05, 3.63) is 0 Å². The average molecular weight is 496 g/mol. The molecule has 0 bridgehead atoms. The highest BCUT2D eigenvalue weighted by Crippen LogP contribution is 2.49. The quantitative estimate of drug-likeness (QED) is 0.369. The van der Waals surface area contributed by atoms with Gasteiger partial charge in [0, 0.05) is 6.42 Å². The molecule has 1 aliphatic heterocycles. The molecule has 0 spiro atoms. The molecule has 9 heteroatoms. The summed E-state index contributed by atoms with van der Waals surface area (Å²) in [5.41, 5.74) is -1.39. The van der Waals surface area contributed by atoms with Gasteiger partial charge in [-0.1, -0.05) is 61.1 Å². The summed E-state index contributed by atoms with van der Waals surface area (Å²) < 4.78 is 8.80. The van der Waals surface area contributed by atoms with E-state index in [9.17, 15) is 14.7 Å². The van der Waals surface area contributed by atoms with Gasteiger partial charge in [0.2, 0.25) is 0 Å². The van der Waals surface area contributed by atoms with Gasteiger partial charge >= 0.3 is 12.1 Å². The number of carbonyl (C=O) groups excluding carboxylic acids is 2. The Kier molecular flexibility index (Phi) is 6.95. The molecule has 1 amide bonds. The summed E-state index contributed by atoms with van der Waals surface area (Å²) in [7, 11) is 1.24. The third kappa shape index (κ3) is 4.56. The Morgan fingerprint density at radius 3 is 2.52 bits per heavy atom. The first-order valence-corrected chi connectivity index (χ1v) is 8.84. The Morgan fingerprint density at radius 2 is 2.05 bits per heavy atom.